The molecular formula is C11H22N2O. The monoisotopic (exact) mass is 198 g/mol. The molecule has 0 aromatic carbocycles. The van der Waals surface area contributed by atoms with E-state index in [2.05, 4.69) is 5.32 Å². The zero-order chi connectivity index (χ0) is 10.6. The lowest BCUT2D eigenvalue weighted by molar-refractivity contribution is -0.124. The summed E-state index contributed by atoms with van der Waals surface area (Å²) in [6, 6.07) is 0. The molecule has 0 spiro atoms. The number of carbonyl (C=O) groups excluding carboxylic acids is 1. The summed E-state index contributed by atoms with van der Waals surface area (Å²) in [7, 11) is 0. The van der Waals surface area contributed by atoms with Crippen LogP contribution in [0.25, 0.3) is 0 Å². The average molecular weight is 198 g/mol. The van der Waals surface area contributed by atoms with Crippen molar-refractivity contribution in [2.24, 2.45) is 17.1 Å². The zero-order valence-corrected chi connectivity index (χ0v) is 9.31. The summed E-state index contributed by atoms with van der Waals surface area (Å²) in [5.41, 5.74) is 5.89. The van der Waals surface area contributed by atoms with E-state index in [-0.39, 0.29) is 11.8 Å². The zero-order valence-electron chi connectivity index (χ0n) is 9.31. The van der Waals surface area contributed by atoms with Crippen LogP contribution in [0.15, 0.2) is 0 Å². The Balaban J connectivity index is 2.23. The van der Waals surface area contributed by atoms with Gasteiger partial charge in [-0.25, -0.2) is 0 Å². The van der Waals surface area contributed by atoms with Gasteiger partial charge in [0.2, 0.25) is 5.91 Å². The van der Waals surface area contributed by atoms with Crippen molar-refractivity contribution in [1.29, 1.82) is 0 Å². The predicted octanol–water partition coefficient (Wildman–Crippen LogP) is 1.28. The van der Waals surface area contributed by atoms with E-state index in [0.29, 0.717) is 5.41 Å². The summed E-state index contributed by atoms with van der Waals surface area (Å²) in [5.74, 6) is 0.333. The Morgan fingerprint density at radius 2 is 2.21 bits per heavy atom. The van der Waals surface area contributed by atoms with Crippen LogP contribution < -0.4 is 11.1 Å². The number of nitrogens with two attached hydrogens (primary N) is 1. The number of rotatable bonds is 6. The molecule has 1 atom stereocenters. The van der Waals surface area contributed by atoms with Crippen LogP contribution in [0.1, 0.15) is 39.5 Å². The maximum atomic E-state index is 11.5. The Morgan fingerprint density at radius 3 is 2.64 bits per heavy atom. The summed E-state index contributed by atoms with van der Waals surface area (Å²) in [6.45, 7) is 5.57. The van der Waals surface area contributed by atoms with Crippen LogP contribution in [0.2, 0.25) is 0 Å². The molecule has 0 saturated heterocycles. The molecule has 1 rings (SSSR count). The van der Waals surface area contributed by atoms with Gasteiger partial charge in [-0.3, -0.25) is 4.79 Å². The number of carbonyl (C=O) groups is 1. The van der Waals surface area contributed by atoms with Gasteiger partial charge < -0.3 is 11.1 Å². The molecular weight excluding hydrogens is 176 g/mol. The molecule has 1 unspecified atom stereocenters. The van der Waals surface area contributed by atoms with Crippen LogP contribution >= 0.6 is 0 Å². The van der Waals surface area contributed by atoms with Gasteiger partial charge in [-0.2, -0.15) is 0 Å². The number of nitrogens with one attached hydrogen (secondary N) is 1. The first-order chi connectivity index (χ1) is 6.63. The van der Waals surface area contributed by atoms with Crippen LogP contribution in [0.5, 0.6) is 0 Å². The third-order valence-corrected chi connectivity index (χ3v) is 3.33. The molecule has 1 aliphatic carbocycles. The minimum absolute atomic E-state index is 0.142. The molecule has 0 radical (unpaired) electrons. The molecule has 82 valence electrons. The third kappa shape index (κ3) is 2.98. The molecule has 0 bridgehead atoms. The van der Waals surface area contributed by atoms with Crippen LogP contribution in [0, 0.1) is 11.3 Å². The standard InChI is InChI=1S/C11H22N2O/c1-3-9(2)10(14)13-8-11(4-5-11)6-7-12/h9H,3-8,12H2,1-2H3,(H,13,14). The summed E-state index contributed by atoms with van der Waals surface area (Å²) < 4.78 is 0. The second kappa shape index (κ2) is 4.78. The summed E-state index contributed by atoms with van der Waals surface area (Å²) in [5, 5.41) is 3.03. The highest BCUT2D eigenvalue weighted by Crippen LogP contribution is 2.47. The topological polar surface area (TPSA) is 55.1 Å². The smallest absolute Gasteiger partial charge is 0.222 e. The van der Waals surface area contributed by atoms with Gasteiger partial charge in [-0.05, 0) is 37.6 Å². The predicted molar refractivity (Wildman–Crippen MR) is 57.8 cm³/mol. The quantitative estimate of drug-likeness (QED) is 0.675. The molecule has 3 heteroatoms. The lowest BCUT2D eigenvalue weighted by Crippen LogP contribution is -2.34. The molecule has 0 heterocycles. The van der Waals surface area contributed by atoms with Crippen molar-refractivity contribution in [1.82, 2.24) is 5.32 Å². The van der Waals surface area contributed by atoms with Gasteiger partial charge >= 0.3 is 0 Å². The van der Waals surface area contributed by atoms with Gasteiger partial charge in [0.15, 0.2) is 0 Å². The van der Waals surface area contributed by atoms with E-state index in [1.807, 2.05) is 13.8 Å². The largest absolute Gasteiger partial charge is 0.355 e. The van der Waals surface area contributed by atoms with Crippen LogP contribution in [0.4, 0.5) is 0 Å². The van der Waals surface area contributed by atoms with Crippen molar-refractivity contribution in [2.75, 3.05) is 13.1 Å². The van der Waals surface area contributed by atoms with E-state index in [0.717, 1.165) is 25.9 Å². The highest BCUT2D eigenvalue weighted by atomic mass is 16.1. The van der Waals surface area contributed by atoms with E-state index < -0.39 is 0 Å². The maximum Gasteiger partial charge on any atom is 0.222 e. The molecule has 0 aromatic rings. The van der Waals surface area contributed by atoms with E-state index in [4.69, 9.17) is 5.73 Å². The number of amides is 1. The molecule has 1 aliphatic rings. The van der Waals surface area contributed by atoms with Gasteiger partial charge in [0.25, 0.3) is 0 Å². The molecule has 1 saturated carbocycles. The summed E-state index contributed by atoms with van der Waals surface area (Å²) >= 11 is 0. The Kier molecular flexibility index (Phi) is 3.93. The van der Waals surface area contributed by atoms with Crippen molar-refractivity contribution in [3.63, 3.8) is 0 Å². The van der Waals surface area contributed by atoms with Crippen molar-refractivity contribution in [3.05, 3.63) is 0 Å². The van der Waals surface area contributed by atoms with Gasteiger partial charge in [0.05, 0.1) is 0 Å². The van der Waals surface area contributed by atoms with Gasteiger partial charge in [-0.1, -0.05) is 13.8 Å². The molecule has 0 aliphatic heterocycles. The molecule has 0 aromatic heterocycles. The first-order valence-electron chi connectivity index (χ1n) is 5.61. The van der Waals surface area contributed by atoms with E-state index in [1.165, 1.54) is 12.8 Å². The van der Waals surface area contributed by atoms with E-state index >= 15 is 0 Å². The van der Waals surface area contributed by atoms with Crippen LogP contribution in [0.3, 0.4) is 0 Å². The van der Waals surface area contributed by atoms with Crippen molar-refractivity contribution >= 4 is 5.91 Å². The summed E-state index contributed by atoms with van der Waals surface area (Å²) in [6.07, 6.45) is 4.42. The Morgan fingerprint density at radius 1 is 1.57 bits per heavy atom. The highest BCUT2D eigenvalue weighted by molar-refractivity contribution is 5.78. The van der Waals surface area contributed by atoms with Gasteiger partial charge in [0, 0.05) is 12.5 Å². The second-order valence-corrected chi connectivity index (χ2v) is 4.57. The molecule has 3 nitrogen and oxygen atoms in total. The fraction of sp³-hybridized carbons (Fsp3) is 0.909. The highest BCUT2D eigenvalue weighted by Gasteiger charge is 2.41. The Hall–Kier alpha value is -0.570. The summed E-state index contributed by atoms with van der Waals surface area (Å²) in [4.78, 5) is 11.5. The maximum absolute atomic E-state index is 11.5. The molecule has 3 N–H and O–H groups in total. The molecule has 1 fully saturated rings. The fourth-order valence-corrected chi connectivity index (χ4v) is 1.63. The van der Waals surface area contributed by atoms with Crippen LogP contribution in [-0.2, 0) is 4.79 Å². The fourth-order valence-electron chi connectivity index (χ4n) is 1.63. The average Bonchev–Trinajstić information content (AvgIpc) is 2.94. The lowest BCUT2D eigenvalue weighted by atomic mass is 10.0. The van der Waals surface area contributed by atoms with Crippen molar-refractivity contribution < 1.29 is 4.79 Å². The molecule has 14 heavy (non-hydrogen) atoms. The lowest BCUT2D eigenvalue weighted by Gasteiger charge is -2.16. The van der Waals surface area contributed by atoms with E-state index in [1.54, 1.807) is 0 Å². The normalized spacial score (nSPS) is 20.2. The Bertz CT molecular complexity index is 199. The molecule has 1 amide bonds. The van der Waals surface area contributed by atoms with Gasteiger partial charge in [0.1, 0.15) is 0 Å². The second-order valence-electron chi connectivity index (χ2n) is 4.57. The minimum Gasteiger partial charge on any atom is -0.355 e. The van der Waals surface area contributed by atoms with Crippen molar-refractivity contribution in [3.8, 4) is 0 Å². The van der Waals surface area contributed by atoms with E-state index in [9.17, 15) is 4.79 Å². The minimum atomic E-state index is 0.142. The SMILES string of the molecule is CCC(C)C(=O)NCC1(CCN)CC1. The van der Waals surface area contributed by atoms with Crippen molar-refractivity contribution in [2.45, 2.75) is 39.5 Å². The Labute approximate surface area is 86.4 Å². The third-order valence-electron chi connectivity index (χ3n) is 3.33. The van der Waals surface area contributed by atoms with Crippen LogP contribution in [-0.4, -0.2) is 19.0 Å². The first kappa shape index (κ1) is 11.5. The number of hydrogen-bond acceptors (Lipinski definition) is 2. The van der Waals surface area contributed by atoms with Gasteiger partial charge in [-0.15, -0.1) is 0 Å². The first-order valence-corrected chi connectivity index (χ1v) is 5.61. The number of hydrogen-bond donors (Lipinski definition) is 2.